The minimum absolute atomic E-state index is 0.0571. The topological polar surface area (TPSA) is 46.5 Å². The lowest BCUT2D eigenvalue weighted by atomic mass is 10.0. The van der Waals surface area contributed by atoms with E-state index in [9.17, 15) is 9.90 Å². The first kappa shape index (κ1) is 14.9. The zero-order valence-corrected chi connectivity index (χ0v) is 12.7. The molecule has 0 heterocycles. The molecule has 0 spiro atoms. The third kappa shape index (κ3) is 3.09. The van der Waals surface area contributed by atoms with E-state index in [1.807, 2.05) is 42.5 Å². The van der Waals surface area contributed by atoms with Crippen LogP contribution in [0.1, 0.15) is 15.9 Å². The Balaban J connectivity index is 1.94. The smallest absolute Gasteiger partial charge is 0.189 e. The van der Waals surface area contributed by atoms with Crippen molar-refractivity contribution in [2.24, 2.45) is 0 Å². The molecule has 0 bridgehead atoms. The minimum atomic E-state index is -0.269. The van der Waals surface area contributed by atoms with E-state index in [1.165, 1.54) is 25.3 Å². The van der Waals surface area contributed by atoms with Crippen LogP contribution in [0.25, 0.3) is 16.8 Å². The first-order valence-electron chi connectivity index (χ1n) is 7.26. The number of carbonyl (C=O) groups excluding carboxylic acids is 1. The summed E-state index contributed by atoms with van der Waals surface area (Å²) in [5.41, 5.74) is 1.18. The Bertz CT molecular complexity index is 889. The van der Waals surface area contributed by atoms with Crippen molar-refractivity contribution in [3.05, 3.63) is 77.9 Å². The van der Waals surface area contributed by atoms with Gasteiger partial charge in [-0.2, -0.15) is 0 Å². The van der Waals surface area contributed by atoms with Crippen molar-refractivity contribution in [3.63, 3.8) is 0 Å². The van der Waals surface area contributed by atoms with E-state index in [4.69, 9.17) is 4.74 Å². The van der Waals surface area contributed by atoms with E-state index in [0.29, 0.717) is 5.75 Å². The van der Waals surface area contributed by atoms with E-state index in [-0.39, 0.29) is 17.1 Å². The molecule has 0 fully saturated rings. The van der Waals surface area contributed by atoms with Gasteiger partial charge in [-0.15, -0.1) is 0 Å². The van der Waals surface area contributed by atoms with Gasteiger partial charge in [0.2, 0.25) is 0 Å². The van der Waals surface area contributed by atoms with Gasteiger partial charge in [0.15, 0.2) is 5.78 Å². The van der Waals surface area contributed by atoms with Crippen LogP contribution in [0.15, 0.2) is 66.7 Å². The highest BCUT2D eigenvalue weighted by atomic mass is 16.5. The van der Waals surface area contributed by atoms with Gasteiger partial charge in [-0.3, -0.25) is 4.79 Å². The third-order valence-corrected chi connectivity index (χ3v) is 3.71. The first-order chi connectivity index (χ1) is 11.2. The monoisotopic (exact) mass is 304 g/mol. The van der Waals surface area contributed by atoms with Gasteiger partial charge in [0.05, 0.1) is 12.7 Å². The lowest BCUT2D eigenvalue weighted by molar-refractivity contribution is 0.104. The summed E-state index contributed by atoms with van der Waals surface area (Å²) in [5.74, 6) is 0.206. The predicted octanol–water partition coefficient (Wildman–Crippen LogP) is 4.45. The molecule has 0 saturated carbocycles. The van der Waals surface area contributed by atoms with Gasteiger partial charge in [-0.25, -0.2) is 0 Å². The van der Waals surface area contributed by atoms with Gasteiger partial charge in [0.1, 0.15) is 11.5 Å². The molecule has 0 aliphatic rings. The fourth-order valence-corrected chi connectivity index (χ4v) is 2.49. The molecule has 114 valence electrons. The van der Waals surface area contributed by atoms with Crippen LogP contribution in [-0.4, -0.2) is 18.0 Å². The van der Waals surface area contributed by atoms with Crippen LogP contribution in [0.4, 0.5) is 0 Å². The van der Waals surface area contributed by atoms with Crippen molar-refractivity contribution in [1.82, 2.24) is 0 Å². The van der Waals surface area contributed by atoms with E-state index in [0.717, 1.165) is 16.3 Å². The number of aromatic hydroxyl groups is 1. The molecular formula is C20H16O3. The summed E-state index contributed by atoms with van der Waals surface area (Å²) in [6, 6.07) is 18.5. The maximum absolute atomic E-state index is 12.3. The number of phenols is 1. The molecule has 0 unspecified atom stereocenters. The molecule has 0 aliphatic heterocycles. The SMILES string of the molecule is COc1ccc(O)c(C(=O)/C=C/c2cccc3ccccc23)c1. The van der Waals surface area contributed by atoms with Crippen LogP contribution in [0.2, 0.25) is 0 Å². The van der Waals surface area contributed by atoms with Gasteiger partial charge in [-0.05, 0) is 40.6 Å². The van der Waals surface area contributed by atoms with Crippen molar-refractivity contribution in [1.29, 1.82) is 0 Å². The van der Waals surface area contributed by atoms with Gasteiger partial charge < -0.3 is 9.84 Å². The van der Waals surface area contributed by atoms with Gasteiger partial charge in [0, 0.05) is 0 Å². The Labute approximate surface area is 134 Å². The van der Waals surface area contributed by atoms with E-state index in [2.05, 4.69) is 0 Å². The number of fused-ring (bicyclic) bond motifs is 1. The Morgan fingerprint density at radius 1 is 1.04 bits per heavy atom. The Morgan fingerprint density at radius 3 is 2.65 bits per heavy atom. The Morgan fingerprint density at radius 2 is 1.83 bits per heavy atom. The quantitative estimate of drug-likeness (QED) is 0.572. The zero-order valence-electron chi connectivity index (χ0n) is 12.7. The Hall–Kier alpha value is -3.07. The van der Waals surface area contributed by atoms with Crippen molar-refractivity contribution in [2.75, 3.05) is 7.11 Å². The molecule has 0 aliphatic carbocycles. The van der Waals surface area contributed by atoms with Crippen LogP contribution in [0.5, 0.6) is 11.5 Å². The van der Waals surface area contributed by atoms with Gasteiger partial charge in [-0.1, -0.05) is 48.5 Å². The average molecular weight is 304 g/mol. The van der Waals surface area contributed by atoms with Gasteiger partial charge >= 0.3 is 0 Å². The fourth-order valence-electron chi connectivity index (χ4n) is 2.49. The first-order valence-corrected chi connectivity index (χ1v) is 7.26. The maximum Gasteiger partial charge on any atom is 0.189 e. The number of rotatable bonds is 4. The summed E-state index contributed by atoms with van der Waals surface area (Å²) in [5, 5.41) is 12.1. The summed E-state index contributed by atoms with van der Waals surface area (Å²) in [6.07, 6.45) is 3.24. The molecule has 0 aromatic heterocycles. The number of benzene rings is 3. The summed E-state index contributed by atoms with van der Waals surface area (Å²) >= 11 is 0. The third-order valence-electron chi connectivity index (χ3n) is 3.71. The molecule has 1 N–H and O–H groups in total. The molecule has 3 rings (SSSR count). The van der Waals surface area contributed by atoms with Crippen LogP contribution < -0.4 is 4.74 Å². The molecular weight excluding hydrogens is 288 g/mol. The number of allylic oxidation sites excluding steroid dienone is 1. The average Bonchev–Trinajstić information content (AvgIpc) is 2.60. The largest absolute Gasteiger partial charge is 0.507 e. The number of carbonyl (C=O) groups is 1. The number of hydrogen-bond acceptors (Lipinski definition) is 3. The maximum atomic E-state index is 12.3. The van der Waals surface area contributed by atoms with Crippen LogP contribution in [-0.2, 0) is 0 Å². The molecule has 3 aromatic rings. The van der Waals surface area contributed by atoms with Crippen molar-refractivity contribution < 1.29 is 14.6 Å². The van der Waals surface area contributed by atoms with Crippen molar-refractivity contribution >= 4 is 22.6 Å². The molecule has 0 atom stereocenters. The zero-order chi connectivity index (χ0) is 16.2. The number of phenolic OH excluding ortho intramolecular Hbond substituents is 1. The highest BCUT2D eigenvalue weighted by Crippen LogP contribution is 2.24. The summed E-state index contributed by atoms with van der Waals surface area (Å²) < 4.78 is 5.09. The molecule has 3 heteroatoms. The number of hydrogen-bond donors (Lipinski definition) is 1. The second kappa shape index (κ2) is 6.36. The number of ketones is 1. The van der Waals surface area contributed by atoms with Crippen LogP contribution in [0, 0.1) is 0 Å². The summed E-state index contributed by atoms with van der Waals surface area (Å²) in [4.78, 5) is 12.3. The second-order valence-electron chi connectivity index (χ2n) is 5.15. The van der Waals surface area contributed by atoms with Gasteiger partial charge in [0.25, 0.3) is 0 Å². The Kier molecular flexibility index (Phi) is 4.11. The number of ether oxygens (including phenoxy) is 1. The number of methoxy groups -OCH3 is 1. The van der Waals surface area contributed by atoms with E-state index >= 15 is 0 Å². The highest BCUT2D eigenvalue weighted by Gasteiger charge is 2.10. The summed E-state index contributed by atoms with van der Waals surface area (Å²) in [7, 11) is 1.52. The van der Waals surface area contributed by atoms with E-state index in [1.54, 1.807) is 12.1 Å². The van der Waals surface area contributed by atoms with Crippen LogP contribution >= 0.6 is 0 Å². The molecule has 0 radical (unpaired) electrons. The molecule has 3 nitrogen and oxygen atoms in total. The van der Waals surface area contributed by atoms with Crippen molar-refractivity contribution in [2.45, 2.75) is 0 Å². The molecule has 3 aromatic carbocycles. The minimum Gasteiger partial charge on any atom is -0.507 e. The van der Waals surface area contributed by atoms with E-state index < -0.39 is 0 Å². The lowest BCUT2D eigenvalue weighted by Gasteiger charge is -2.05. The lowest BCUT2D eigenvalue weighted by Crippen LogP contribution is -1.96. The second-order valence-corrected chi connectivity index (χ2v) is 5.15. The standard InChI is InChI=1S/C20H16O3/c1-23-16-10-12-20(22)18(13-16)19(21)11-9-15-7-4-6-14-5-2-3-8-17(14)15/h2-13,22H,1H3/b11-9+. The molecule has 0 saturated heterocycles. The molecule has 23 heavy (non-hydrogen) atoms. The predicted molar refractivity (Wildman–Crippen MR) is 92.0 cm³/mol. The molecule has 0 amide bonds. The normalized spacial score (nSPS) is 11.0. The summed E-state index contributed by atoms with van der Waals surface area (Å²) in [6.45, 7) is 0. The highest BCUT2D eigenvalue weighted by molar-refractivity contribution is 6.09. The fraction of sp³-hybridized carbons (Fsp3) is 0.0500. The van der Waals surface area contributed by atoms with Crippen LogP contribution in [0.3, 0.4) is 0 Å². The van der Waals surface area contributed by atoms with Crippen molar-refractivity contribution in [3.8, 4) is 11.5 Å².